The van der Waals surface area contributed by atoms with Crippen molar-refractivity contribution in [2.45, 2.75) is 19.4 Å². The molecular weight excluding hydrogens is 253 g/mol. The highest BCUT2D eigenvalue weighted by molar-refractivity contribution is 5.91. The first-order valence-corrected chi connectivity index (χ1v) is 6.72. The van der Waals surface area contributed by atoms with Crippen LogP contribution in [0.3, 0.4) is 0 Å². The molecule has 2 aromatic carbocycles. The van der Waals surface area contributed by atoms with E-state index in [4.69, 9.17) is 0 Å². The van der Waals surface area contributed by atoms with Gasteiger partial charge in [-0.15, -0.1) is 0 Å². The second kappa shape index (κ2) is 5.33. The van der Waals surface area contributed by atoms with Crippen LogP contribution in [0.15, 0.2) is 48.7 Å². The molecule has 0 fully saturated rings. The average molecular weight is 269 g/mol. The summed E-state index contributed by atoms with van der Waals surface area (Å²) in [6.45, 7) is 2.04. The first kappa shape index (κ1) is 12.7. The van der Waals surface area contributed by atoms with Crippen molar-refractivity contribution in [3.63, 3.8) is 0 Å². The number of fused-ring (bicyclic) bond motifs is 1. The van der Waals surface area contributed by atoms with E-state index in [9.17, 15) is 4.39 Å². The topological polar surface area (TPSA) is 40.7 Å². The van der Waals surface area contributed by atoms with Gasteiger partial charge in [0, 0.05) is 16.6 Å². The van der Waals surface area contributed by atoms with E-state index < -0.39 is 0 Å². The lowest BCUT2D eigenvalue weighted by atomic mass is 10.0. The predicted octanol–water partition coefficient (Wildman–Crippen LogP) is 4.27. The molecule has 0 radical (unpaired) electrons. The maximum Gasteiger partial charge on any atom is 0.128 e. The quantitative estimate of drug-likeness (QED) is 0.742. The molecule has 3 rings (SSSR count). The summed E-state index contributed by atoms with van der Waals surface area (Å²) in [7, 11) is 0. The van der Waals surface area contributed by atoms with Gasteiger partial charge in [-0.05, 0) is 24.6 Å². The molecule has 1 atom stereocenters. The third kappa shape index (κ3) is 2.25. The number of aromatic amines is 1. The summed E-state index contributed by atoms with van der Waals surface area (Å²) < 4.78 is 13.9. The van der Waals surface area contributed by atoms with Crippen LogP contribution in [0.2, 0.25) is 0 Å². The molecule has 3 aromatic rings. The summed E-state index contributed by atoms with van der Waals surface area (Å²) in [5.74, 6) is -0.175. The minimum absolute atomic E-state index is 0.0586. The van der Waals surface area contributed by atoms with Gasteiger partial charge in [0.05, 0.1) is 17.8 Å². The van der Waals surface area contributed by atoms with Gasteiger partial charge in [0.15, 0.2) is 0 Å². The zero-order valence-electron chi connectivity index (χ0n) is 11.2. The zero-order chi connectivity index (χ0) is 13.9. The van der Waals surface area contributed by atoms with Gasteiger partial charge in [-0.3, -0.25) is 5.10 Å². The molecule has 0 spiro atoms. The van der Waals surface area contributed by atoms with E-state index >= 15 is 0 Å². The smallest absolute Gasteiger partial charge is 0.128 e. The monoisotopic (exact) mass is 269 g/mol. The third-order valence-corrected chi connectivity index (χ3v) is 3.50. The van der Waals surface area contributed by atoms with Crippen molar-refractivity contribution in [3.8, 4) is 0 Å². The average Bonchev–Trinajstić information content (AvgIpc) is 2.95. The van der Waals surface area contributed by atoms with Crippen LogP contribution in [0.1, 0.15) is 24.9 Å². The Balaban J connectivity index is 1.96. The van der Waals surface area contributed by atoms with Crippen LogP contribution < -0.4 is 5.32 Å². The SMILES string of the molecule is CCC(Nc1cccc2[nH]ncc12)c1ccccc1F. The Bertz CT molecular complexity index is 720. The molecule has 0 bridgehead atoms. The number of H-pyrrole nitrogens is 1. The number of hydrogen-bond acceptors (Lipinski definition) is 2. The minimum Gasteiger partial charge on any atom is -0.378 e. The normalized spacial score (nSPS) is 12.5. The molecule has 0 saturated carbocycles. The fourth-order valence-electron chi connectivity index (χ4n) is 2.44. The Morgan fingerprint density at radius 3 is 2.85 bits per heavy atom. The van der Waals surface area contributed by atoms with Gasteiger partial charge in [-0.25, -0.2) is 4.39 Å². The van der Waals surface area contributed by atoms with Crippen LogP contribution in [0.25, 0.3) is 10.9 Å². The fourth-order valence-corrected chi connectivity index (χ4v) is 2.44. The molecule has 20 heavy (non-hydrogen) atoms. The molecule has 0 aliphatic carbocycles. The Morgan fingerprint density at radius 1 is 1.20 bits per heavy atom. The van der Waals surface area contributed by atoms with Crippen LogP contribution in [0.5, 0.6) is 0 Å². The zero-order valence-corrected chi connectivity index (χ0v) is 11.2. The van der Waals surface area contributed by atoms with E-state index in [1.165, 1.54) is 6.07 Å². The van der Waals surface area contributed by atoms with E-state index in [2.05, 4.69) is 15.5 Å². The molecule has 4 heteroatoms. The van der Waals surface area contributed by atoms with Gasteiger partial charge in [0.2, 0.25) is 0 Å². The summed E-state index contributed by atoms with van der Waals surface area (Å²) in [5, 5.41) is 11.4. The van der Waals surface area contributed by atoms with Gasteiger partial charge in [-0.1, -0.05) is 31.2 Å². The van der Waals surface area contributed by atoms with Crippen molar-refractivity contribution in [2.75, 3.05) is 5.32 Å². The van der Waals surface area contributed by atoms with Crippen molar-refractivity contribution in [1.29, 1.82) is 0 Å². The number of anilines is 1. The molecule has 2 N–H and O–H groups in total. The molecule has 0 amide bonds. The van der Waals surface area contributed by atoms with E-state index in [1.807, 2.05) is 37.3 Å². The lowest BCUT2D eigenvalue weighted by molar-refractivity contribution is 0.587. The number of benzene rings is 2. The highest BCUT2D eigenvalue weighted by Crippen LogP contribution is 2.28. The fraction of sp³-hybridized carbons (Fsp3) is 0.188. The first-order valence-electron chi connectivity index (χ1n) is 6.72. The van der Waals surface area contributed by atoms with Crippen LogP contribution in [0, 0.1) is 5.82 Å². The summed E-state index contributed by atoms with van der Waals surface area (Å²) in [5.41, 5.74) is 2.63. The molecule has 0 aliphatic rings. The van der Waals surface area contributed by atoms with Crippen LogP contribution in [-0.4, -0.2) is 10.2 Å². The highest BCUT2D eigenvalue weighted by Gasteiger charge is 2.14. The first-order chi connectivity index (χ1) is 9.79. The van der Waals surface area contributed by atoms with Crippen molar-refractivity contribution in [1.82, 2.24) is 10.2 Å². The van der Waals surface area contributed by atoms with E-state index in [0.29, 0.717) is 5.56 Å². The third-order valence-electron chi connectivity index (χ3n) is 3.50. The second-order valence-electron chi connectivity index (χ2n) is 4.76. The summed E-state index contributed by atoms with van der Waals surface area (Å²) in [4.78, 5) is 0. The van der Waals surface area contributed by atoms with Gasteiger partial charge < -0.3 is 5.32 Å². The van der Waals surface area contributed by atoms with Crippen molar-refractivity contribution in [2.24, 2.45) is 0 Å². The molecular formula is C16H16FN3. The maximum absolute atomic E-state index is 13.9. The van der Waals surface area contributed by atoms with E-state index in [0.717, 1.165) is 23.0 Å². The van der Waals surface area contributed by atoms with Crippen molar-refractivity contribution >= 4 is 16.6 Å². The van der Waals surface area contributed by atoms with E-state index in [-0.39, 0.29) is 11.9 Å². The Kier molecular flexibility index (Phi) is 3.37. The van der Waals surface area contributed by atoms with Crippen LogP contribution >= 0.6 is 0 Å². The number of nitrogens with zero attached hydrogens (tertiary/aromatic N) is 1. The van der Waals surface area contributed by atoms with Crippen molar-refractivity contribution < 1.29 is 4.39 Å². The number of halogens is 1. The molecule has 3 nitrogen and oxygen atoms in total. The largest absolute Gasteiger partial charge is 0.378 e. The summed E-state index contributed by atoms with van der Waals surface area (Å²) in [6, 6.07) is 12.8. The second-order valence-corrected chi connectivity index (χ2v) is 4.76. The van der Waals surface area contributed by atoms with E-state index in [1.54, 1.807) is 12.3 Å². The number of hydrogen-bond donors (Lipinski definition) is 2. The number of aromatic nitrogens is 2. The maximum atomic E-state index is 13.9. The summed E-state index contributed by atoms with van der Waals surface area (Å²) >= 11 is 0. The van der Waals surface area contributed by atoms with Gasteiger partial charge in [0.1, 0.15) is 5.82 Å². The molecule has 102 valence electrons. The Morgan fingerprint density at radius 2 is 2.05 bits per heavy atom. The molecule has 0 saturated heterocycles. The van der Waals surface area contributed by atoms with Crippen molar-refractivity contribution in [3.05, 3.63) is 60.0 Å². The van der Waals surface area contributed by atoms with Gasteiger partial charge in [0.25, 0.3) is 0 Å². The summed E-state index contributed by atoms with van der Waals surface area (Å²) in [6.07, 6.45) is 2.58. The standard InChI is InChI=1S/C16H16FN3/c1-2-14(11-6-3-4-7-13(11)17)19-15-8-5-9-16-12(15)10-18-20-16/h3-10,14,19H,2H2,1H3,(H,18,20). The van der Waals surface area contributed by atoms with Crippen LogP contribution in [-0.2, 0) is 0 Å². The van der Waals surface area contributed by atoms with Gasteiger partial charge >= 0.3 is 0 Å². The van der Waals surface area contributed by atoms with Gasteiger partial charge in [-0.2, -0.15) is 5.10 Å². The number of nitrogens with one attached hydrogen (secondary N) is 2. The molecule has 1 aromatic heterocycles. The Hall–Kier alpha value is -2.36. The predicted molar refractivity (Wildman–Crippen MR) is 79.1 cm³/mol. The number of rotatable bonds is 4. The lowest BCUT2D eigenvalue weighted by Gasteiger charge is -2.19. The Labute approximate surface area is 116 Å². The highest BCUT2D eigenvalue weighted by atomic mass is 19.1. The minimum atomic E-state index is -0.175. The molecule has 0 aliphatic heterocycles. The van der Waals surface area contributed by atoms with Crippen LogP contribution in [0.4, 0.5) is 10.1 Å². The molecule has 1 heterocycles. The lowest BCUT2D eigenvalue weighted by Crippen LogP contribution is -2.11. The molecule has 1 unspecified atom stereocenters.